The highest BCUT2D eigenvalue weighted by molar-refractivity contribution is 7.91. The second-order valence-electron chi connectivity index (χ2n) is 5.18. The first-order valence-corrected chi connectivity index (χ1v) is 9.01. The minimum atomic E-state index is -2.88. The molecular formula is C15H23NO3S. The predicted molar refractivity (Wildman–Crippen MR) is 81.0 cm³/mol. The van der Waals surface area contributed by atoms with E-state index in [-0.39, 0.29) is 11.5 Å². The lowest BCUT2D eigenvalue weighted by molar-refractivity contribution is 0.317. The molecule has 1 atom stereocenters. The van der Waals surface area contributed by atoms with Crippen molar-refractivity contribution in [3.05, 3.63) is 29.3 Å². The van der Waals surface area contributed by atoms with Crippen LogP contribution in [0.5, 0.6) is 5.75 Å². The maximum Gasteiger partial charge on any atom is 0.150 e. The molecule has 4 nitrogen and oxygen atoms in total. The van der Waals surface area contributed by atoms with Crippen molar-refractivity contribution in [2.24, 2.45) is 0 Å². The fourth-order valence-electron chi connectivity index (χ4n) is 2.60. The molecule has 5 heteroatoms. The number of fused-ring (bicyclic) bond motifs is 1. The van der Waals surface area contributed by atoms with Gasteiger partial charge in [0.2, 0.25) is 0 Å². The van der Waals surface area contributed by atoms with Gasteiger partial charge >= 0.3 is 0 Å². The van der Waals surface area contributed by atoms with Gasteiger partial charge in [-0.1, -0.05) is 13.0 Å². The standard InChI is InChI=1S/C15H23NO3S/c1-3-20(17,18)10-4-9-19-13-6-7-14-12(11-13)5-8-15(14)16-2/h6-7,11,15-16H,3-5,8-10H2,1-2H3. The normalized spacial score (nSPS) is 18.0. The average molecular weight is 297 g/mol. The number of sulfone groups is 1. The van der Waals surface area contributed by atoms with Crippen molar-refractivity contribution in [3.63, 3.8) is 0 Å². The van der Waals surface area contributed by atoms with Crippen molar-refractivity contribution in [2.75, 3.05) is 25.2 Å². The van der Waals surface area contributed by atoms with E-state index in [0.29, 0.717) is 19.1 Å². The molecule has 1 aromatic rings. The minimum Gasteiger partial charge on any atom is -0.494 e. The highest BCUT2D eigenvalue weighted by Crippen LogP contribution is 2.33. The maximum absolute atomic E-state index is 11.4. The molecule has 112 valence electrons. The van der Waals surface area contributed by atoms with Crippen molar-refractivity contribution in [1.29, 1.82) is 0 Å². The van der Waals surface area contributed by atoms with E-state index in [1.165, 1.54) is 11.1 Å². The number of nitrogens with one attached hydrogen (secondary N) is 1. The van der Waals surface area contributed by atoms with Gasteiger partial charge in [0.25, 0.3) is 0 Å². The highest BCUT2D eigenvalue weighted by Gasteiger charge is 2.21. The molecule has 0 saturated carbocycles. The quantitative estimate of drug-likeness (QED) is 0.783. The van der Waals surface area contributed by atoms with Gasteiger partial charge in [0, 0.05) is 11.8 Å². The molecule has 0 heterocycles. The van der Waals surface area contributed by atoms with Crippen molar-refractivity contribution in [2.45, 2.75) is 32.2 Å². The molecule has 1 aromatic carbocycles. The summed E-state index contributed by atoms with van der Waals surface area (Å²) in [5.41, 5.74) is 2.69. The van der Waals surface area contributed by atoms with E-state index < -0.39 is 9.84 Å². The summed E-state index contributed by atoms with van der Waals surface area (Å²) < 4.78 is 28.4. The average Bonchev–Trinajstić information content (AvgIpc) is 2.86. The lowest BCUT2D eigenvalue weighted by Gasteiger charge is -2.11. The van der Waals surface area contributed by atoms with E-state index in [1.54, 1.807) is 6.92 Å². The minimum absolute atomic E-state index is 0.205. The van der Waals surface area contributed by atoms with Crippen LogP contribution in [0.3, 0.4) is 0 Å². The summed E-state index contributed by atoms with van der Waals surface area (Å²) in [6.45, 7) is 2.13. The summed E-state index contributed by atoms with van der Waals surface area (Å²) >= 11 is 0. The zero-order chi connectivity index (χ0) is 14.6. The van der Waals surface area contributed by atoms with E-state index in [1.807, 2.05) is 13.1 Å². The predicted octanol–water partition coefficient (Wildman–Crippen LogP) is 2.10. The lowest BCUT2D eigenvalue weighted by atomic mass is 10.1. The number of rotatable bonds is 7. The third kappa shape index (κ3) is 3.73. The van der Waals surface area contributed by atoms with Crippen LogP contribution < -0.4 is 10.1 Å². The van der Waals surface area contributed by atoms with Crippen molar-refractivity contribution in [1.82, 2.24) is 5.32 Å². The SMILES string of the molecule is CCS(=O)(=O)CCCOc1ccc2c(c1)CCC2NC. The molecule has 0 bridgehead atoms. The van der Waals surface area contributed by atoms with Gasteiger partial charge in [0.1, 0.15) is 15.6 Å². The number of aryl methyl sites for hydroxylation is 1. The van der Waals surface area contributed by atoms with Crippen molar-refractivity contribution >= 4 is 9.84 Å². The van der Waals surface area contributed by atoms with Crippen molar-refractivity contribution < 1.29 is 13.2 Å². The molecule has 0 spiro atoms. The van der Waals surface area contributed by atoms with E-state index in [9.17, 15) is 8.42 Å². The number of hydrogen-bond acceptors (Lipinski definition) is 4. The second kappa shape index (κ2) is 6.59. The molecule has 0 saturated heterocycles. The smallest absolute Gasteiger partial charge is 0.150 e. The van der Waals surface area contributed by atoms with Gasteiger partial charge in [-0.3, -0.25) is 0 Å². The number of benzene rings is 1. The third-order valence-corrected chi connectivity index (χ3v) is 5.64. The van der Waals surface area contributed by atoms with Crippen LogP contribution in [0.15, 0.2) is 18.2 Å². The zero-order valence-corrected chi connectivity index (χ0v) is 13.0. The Bertz CT molecular complexity index is 554. The lowest BCUT2D eigenvalue weighted by Crippen LogP contribution is -2.13. The fraction of sp³-hybridized carbons (Fsp3) is 0.600. The molecule has 2 rings (SSSR count). The Labute approximate surface area is 121 Å². The molecule has 1 aliphatic rings. The first-order valence-electron chi connectivity index (χ1n) is 7.19. The summed E-state index contributed by atoms with van der Waals surface area (Å²) in [7, 11) is -0.898. The summed E-state index contributed by atoms with van der Waals surface area (Å²) in [5, 5.41) is 3.31. The Kier molecular flexibility index (Phi) is 5.05. The zero-order valence-electron chi connectivity index (χ0n) is 12.2. The van der Waals surface area contributed by atoms with E-state index >= 15 is 0 Å². The van der Waals surface area contributed by atoms with Crippen LogP contribution in [0.1, 0.15) is 36.9 Å². The highest BCUT2D eigenvalue weighted by atomic mass is 32.2. The molecule has 0 aliphatic heterocycles. The first-order chi connectivity index (χ1) is 9.55. The number of ether oxygens (including phenoxy) is 1. The summed E-state index contributed by atoms with van der Waals surface area (Å²) in [4.78, 5) is 0. The first kappa shape index (κ1) is 15.3. The van der Waals surface area contributed by atoms with E-state index in [4.69, 9.17) is 4.74 Å². The third-order valence-electron chi connectivity index (χ3n) is 3.85. The van der Waals surface area contributed by atoms with Gasteiger partial charge in [0.15, 0.2) is 0 Å². The monoisotopic (exact) mass is 297 g/mol. The molecule has 1 unspecified atom stereocenters. The molecule has 20 heavy (non-hydrogen) atoms. The molecule has 0 radical (unpaired) electrons. The molecule has 0 amide bonds. The Hall–Kier alpha value is -1.07. The van der Waals surface area contributed by atoms with Gasteiger partial charge in [-0.25, -0.2) is 8.42 Å². The Morgan fingerprint density at radius 1 is 1.40 bits per heavy atom. The van der Waals surface area contributed by atoms with Crippen LogP contribution >= 0.6 is 0 Å². The van der Waals surface area contributed by atoms with Crippen LogP contribution in [0.4, 0.5) is 0 Å². The topological polar surface area (TPSA) is 55.4 Å². The second-order valence-corrected chi connectivity index (χ2v) is 7.65. The maximum atomic E-state index is 11.4. The summed E-state index contributed by atoms with van der Waals surface area (Å²) in [5.74, 6) is 1.25. The van der Waals surface area contributed by atoms with Crippen molar-refractivity contribution in [3.8, 4) is 5.75 Å². The van der Waals surface area contributed by atoms with Gasteiger partial charge < -0.3 is 10.1 Å². The Morgan fingerprint density at radius 2 is 2.20 bits per heavy atom. The molecule has 0 aromatic heterocycles. The van der Waals surface area contributed by atoms with E-state index in [0.717, 1.165) is 18.6 Å². The molecule has 1 aliphatic carbocycles. The van der Waals surface area contributed by atoms with Gasteiger partial charge in [-0.2, -0.15) is 0 Å². The Balaban J connectivity index is 1.86. The van der Waals surface area contributed by atoms with Gasteiger partial charge in [-0.05, 0) is 49.6 Å². The van der Waals surface area contributed by atoms with Gasteiger partial charge in [-0.15, -0.1) is 0 Å². The molecule has 1 N–H and O–H groups in total. The fourth-order valence-corrected chi connectivity index (χ4v) is 3.44. The summed E-state index contributed by atoms with van der Waals surface area (Å²) in [6.07, 6.45) is 2.75. The number of hydrogen-bond donors (Lipinski definition) is 1. The van der Waals surface area contributed by atoms with E-state index in [2.05, 4.69) is 17.4 Å². The van der Waals surface area contributed by atoms with Gasteiger partial charge in [0.05, 0.1) is 12.4 Å². The largest absolute Gasteiger partial charge is 0.494 e. The van der Waals surface area contributed by atoms with Crippen LogP contribution in [0.2, 0.25) is 0 Å². The summed E-state index contributed by atoms with van der Waals surface area (Å²) in [6, 6.07) is 6.62. The Morgan fingerprint density at radius 3 is 2.90 bits per heavy atom. The van der Waals surface area contributed by atoms with Crippen LogP contribution in [0.25, 0.3) is 0 Å². The van der Waals surface area contributed by atoms with Crippen LogP contribution in [-0.4, -0.2) is 33.6 Å². The van der Waals surface area contributed by atoms with Crippen LogP contribution in [0, 0.1) is 0 Å². The van der Waals surface area contributed by atoms with Crippen LogP contribution in [-0.2, 0) is 16.3 Å². The molecule has 0 fully saturated rings. The molecular weight excluding hydrogens is 274 g/mol.